The van der Waals surface area contributed by atoms with Crippen LogP contribution >= 0.6 is 11.6 Å². The van der Waals surface area contributed by atoms with Crippen LogP contribution in [0, 0.1) is 5.92 Å². The van der Waals surface area contributed by atoms with E-state index in [-0.39, 0.29) is 5.92 Å². The van der Waals surface area contributed by atoms with Gasteiger partial charge in [-0.15, -0.1) is 0 Å². The van der Waals surface area contributed by atoms with Gasteiger partial charge in [-0.2, -0.15) is 0 Å². The molecule has 0 aliphatic carbocycles. The van der Waals surface area contributed by atoms with E-state index in [1.54, 1.807) is 0 Å². The van der Waals surface area contributed by atoms with E-state index in [9.17, 15) is 4.39 Å². The van der Waals surface area contributed by atoms with Crippen molar-refractivity contribution in [3.05, 3.63) is 34.9 Å². The number of nitrogens with one attached hydrogen (secondary N) is 1. The Hall–Kier alpha value is -0.600. The van der Waals surface area contributed by atoms with Crippen molar-refractivity contribution in [2.24, 2.45) is 5.92 Å². The molecule has 0 aromatic heterocycles. The second-order valence-corrected chi connectivity index (χ2v) is 4.47. The third-order valence-corrected chi connectivity index (χ3v) is 3.35. The van der Waals surface area contributed by atoms with Crippen LogP contribution in [0.25, 0.3) is 0 Å². The van der Waals surface area contributed by atoms with Crippen molar-refractivity contribution in [2.75, 3.05) is 13.1 Å². The third-order valence-electron chi connectivity index (χ3n) is 2.98. The number of alkyl halides is 1. The lowest BCUT2D eigenvalue weighted by molar-refractivity contribution is 0.240. The summed E-state index contributed by atoms with van der Waals surface area (Å²) >= 11 is 5.99. The molecule has 1 saturated heterocycles. The van der Waals surface area contributed by atoms with E-state index < -0.39 is 6.17 Å². The van der Waals surface area contributed by atoms with Crippen LogP contribution < -0.4 is 5.32 Å². The highest BCUT2D eigenvalue weighted by atomic mass is 35.5. The van der Waals surface area contributed by atoms with Gasteiger partial charge >= 0.3 is 0 Å². The molecule has 1 aliphatic heterocycles. The predicted octanol–water partition coefficient (Wildman–Crippen LogP) is 2.83. The zero-order chi connectivity index (χ0) is 10.7. The quantitative estimate of drug-likeness (QED) is 0.838. The Balaban J connectivity index is 1.99. The first-order chi connectivity index (χ1) is 7.27. The summed E-state index contributed by atoms with van der Waals surface area (Å²) in [6.07, 6.45) is 0.595. The highest BCUT2D eigenvalue weighted by Crippen LogP contribution is 2.23. The van der Waals surface area contributed by atoms with Crippen LogP contribution in [0.15, 0.2) is 24.3 Å². The number of halogens is 2. The van der Waals surface area contributed by atoms with Crippen LogP contribution in [0.4, 0.5) is 4.39 Å². The van der Waals surface area contributed by atoms with Crippen molar-refractivity contribution in [1.29, 1.82) is 0 Å². The van der Waals surface area contributed by atoms with Gasteiger partial charge in [0.25, 0.3) is 0 Å². The summed E-state index contributed by atoms with van der Waals surface area (Å²) in [6.45, 7) is 1.74. The van der Waals surface area contributed by atoms with Crippen molar-refractivity contribution >= 4 is 11.6 Å². The number of benzene rings is 1. The third kappa shape index (κ3) is 2.70. The Morgan fingerprint density at radius 1 is 1.47 bits per heavy atom. The lowest BCUT2D eigenvalue weighted by atomic mass is 9.97. The van der Waals surface area contributed by atoms with Gasteiger partial charge < -0.3 is 5.32 Å². The normalized spacial score (nSPS) is 22.9. The fourth-order valence-corrected chi connectivity index (χ4v) is 2.24. The molecule has 1 aromatic rings. The Morgan fingerprint density at radius 2 is 2.27 bits per heavy atom. The smallest absolute Gasteiger partial charge is 0.108 e. The first kappa shape index (κ1) is 10.9. The topological polar surface area (TPSA) is 12.0 Å². The summed E-state index contributed by atoms with van der Waals surface area (Å²) in [4.78, 5) is 0. The molecule has 0 spiro atoms. The summed E-state index contributed by atoms with van der Waals surface area (Å²) in [5.74, 6) is 0.154. The first-order valence-corrected chi connectivity index (χ1v) is 5.73. The van der Waals surface area contributed by atoms with E-state index in [1.165, 1.54) is 0 Å². The zero-order valence-corrected chi connectivity index (χ0v) is 9.30. The molecule has 0 bridgehead atoms. The molecular weight excluding hydrogens is 213 g/mol. The molecule has 0 amide bonds. The zero-order valence-electron chi connectivity index (χ0n) is 8.55. The molecule has 1 aliphatic rings. The van der Waals surface area contributed by atoms with Crippen molar-refractivity contribution in [2.45, 2.75) is 19.0 Å². The molecule has 1 heterocycles. The van der Waals surface area contributed by atoms with Gasteiger partial charge in [-0.3, -0.25) is 0 Å². The summed E-state index contributed by atoms with van der Waals surface area (Å²) in [5, 5.41) is 3.85. The highest BCUT2D eigenvalue weighted by molar-refractivity contribution is 6.31. The lowest BCUT2D eigenvalue weighted by Gasteiger charge is -2.15. The molecule has 82 valence electrons. The molecule has 2 unspecified atom stereocenters. The fraction of sp³-hybridized carbons (Fsp3) is 0.500. The fourth-order valence-electron chi connectivity index (χ4n) is 2.03. The van der Waals surface area contributed by atoms with Crippen LogP contribution in [-0.4, -0.2) is 19.3 Å². The summed E-state index contributed by atoms with van der Waals surface area (Å²) < 4.78 is 13.9. The molecule has 1 nitrogen and oxygen atoms in total. The van der Waals surface area contributed by atoms with Crippen molar-refractivity contribution in [3.8, 4) is 0 Å². The van der Waals surface area contributed by atoms with Gasteiger partial charge in [0.05, 0.1) is 0 Å². The van der Waals surface area contributed by atoms with Gasteiger partial charge in [0.2, 0.25) is 0 Å². The molecular formula is C12H15ClFN. The molecule has 0 radical (unpaired) electrons. The van der Waals surface area contributed by atoms with Gasteiger partial charge in [-0.05, 0) is 24.6 Å². The SMILES string of the molecule is FC(Cc1ccccc1Cl)C1CCNC1. The van der Waals surface area contributed by atoms with E-state index in [1.807, 2.05) is 24.3 Å². The first-order valence-electron chi connectivity index (χ1n) is 5.35. The van der Waals surface area contributed by atoms with Crippen LogP contribution in [0.5, 0.6) is 0 Å². The average Bonchev–Trinajstić information content (AvgIpc) is 2.74. The second kappa shape index (κ2) is 4.95. The Labute approximate surface area is 94.6 Å². The molecule has 3 heteroatoms. The van der Waals surface area contributed by atoms with Crippen LogP contribution in [0.2, 0.25) is 5.02 Å². The van der Waals surface area contributed by atoms with Gasteiger partial charge in [-0.25, -0.2) is 4.39 Å². The van der Waals surface area contributed by atoms with Crippen molar-refractivity contribution in [3.63, 3.8) is 0 Å². The van der Waals surface area contributed by atoms with E-state index in [0.717, 1.165) is 25.1 Å². The second-order valence-electron chi connectivity index (χ2n) is 4.06. The van der Waals surface area contributed by atoms with Gasteiger partial charge in [-0.1, -0.05) is 29.8 Å². The van der Waals surface area contributed by atoms with Crippen molar-refractivity contribution < 1.29 is 4.39 Å². The molecule has 1 aromatic carbocycles. The maximum Gasteiger partial charge on any atom is 0.108 e. The minimum atomic E-state index is -0.778. The Bertz CT molecular complexity index is 323. The number of hydrogen-bond acceptors (Lipinski definition) is 1. The molecule has 1 fully saturated rings. The van der Waals surface area contributed by atoms with Gasteiger partial charge in [0, 0.05) is 23.9 Å². The number of rotatable bonds is 3. The maximum absolute atomic E-state index is 13.9. The largest absolute Gasteiger partial charge is 0.316 e. The predicted molar refractivity (Wildman–Crippen MR) is 61.0 cm³/mol. The van der Waals surface area contributed by atoms with Crippen LogP contribution in [0.3, 0.4) is 0 Å². The minimum Gasteiger partial charge on any atom is -0.316 e. The number of hydrogen-bond donors (Lipinski definition) is 1. The van der Waals surface area contributed by atoms with E-state index >= 15 is 0 Å². The Morgan fingerprint density at radius 3 is 2.93 bits per heavy atom. The van der Waals surface area contributed by atoms with E-state index in [2.05, 4.69) is 5.32 Å². The average molecular weight is 228 g/mol. The lowest BCUT2D eigenvalue weighted by Crippen LogP contribution is -2.21. The monoisotopic (exact) mass is 227 g/mol. The maximum atomic E-state index is 13.9. The Kier molecular flexibility index (Phi) is 3.60. The van der Waals surface area contributed by atoms with E-state index in [0.29, 0.717) is 11.4 Å². The minimum absolute atomic E-state index is 0.154. The van der Waals surface area contributed by atoms with Crippen molar-refractivity contribution in [1.82, 2.24) is 5.32 Å². The van der Waals surface area contributed by atoms with Crippen LogP contribution in [0.1, 0.15) is 12.0 Å². The summed E-state index contributed by atoms with van der Waals surface area (Å²) in [5.41, 5.74) is 0.915. The molecule has 1 N–H and O–H groups in total. The standard InChI is InChI=1S/C12H15ClFN/c13-11-4-2-1-3-9(11)7-12(14)10-5-6-15-8-10/h1-4,10,12,15H,5-8H2. The molecule has 0 saturated carbocycles. The summed E-state index contributed by atoms with van der Waals surface area (Å²) in [6, 6.07) is 7.49. The summed E-state index contributed by atoms with van der Waals surface area (Å²) in [7, 11) is 0. The van der Waals surface area contributed by atoms with Crippen LogP contribution in [-0.2, 0) is 6.42 Å². The van der Waals surface area contributed by atoms with Gasteiger partial charge in [0.1, 0.15) is 6.17 Å². The molecule has 15 heavy (non-hydrogen) atoms. The highest BCUT2D eigenvalue weighted by Gasteiger charge is 2.24. The van der Waals surface area contributed by atoms with E-state index in [4.69, 9.17) is 11.6 Å². The van der Waals surface area contributed by atoms with Gasteiger partial charge in [0.15, 0.2) is 0 Å². The molecule has 2 atom stereocenters. The molecule has 2 rings (SSSR count).